The van der Waals surface area contributed by atoms with E-state index in [9.17, 15) is 4.79 Å². The summed E-state index contributed by atoms with van der Waals surface area (Å²) in [6.45, 7) is 8.14. The Hall–Kier alpha value is -1.06. The summed E-state index contributed by atoms with van der Waals surface area (Å²) in [4.78, 5) is 15.3. The smallest absolute Gasteiger partial charge is 0.319 e. The number of rotatable bonds is 3. The lowest BCUT2D eigenvalue weighted by Crippen LogP contribution is -2.26. The molecule has 0 aliphatic rings. The van der Waals surface area contributed by atoms with E-state index in [1.165, 1.54) is 0 Å². The van der Waals surface area contributed by atoms with E-state index in [2.05, 4.69) is 15.3 Å². The van der Waals surface area contributed by atoms with Crippen molar-refractivity contribution < 1.29 is 9.63 Å². The van der Waals surface area contributed by atoms with Gasteiger partial charge in [0.15, 0.2) is 0 Å². The molecule has 0 unspecified atom stereocenters. The largest absolute Gasteiger partial charge is 0.433 e. The van der Waals surface area contributed by atoms with E-state index in [4.69, 9.17) is 0 Å². The molecular weight excluding hydrogens is 156 g/mol. The van der Waals surface area contributed by atoms with Gasteiger partial charge in [-0.1, -0.05) is 19.0 Å². The maximum Gasteiger partial charge on any atom is 0.433 e. The molecule has 0 radical (unpaired) electrons. The third-order valence-electron chi connectivity index (χ3n) is 0.966. The Morgan fingerprint density at radius 1 is 1.50 bits per heavy atom. The van der Waals surface area contributed by atoms with E-state index in [-0.39, 0.29) is 0 Å². The highest BCUT2D eigenvalue weighted by Gasteiger charge is 2.01. The molecule has 0 aromatic heterocycles. The molecule has 0 aromatic carbocycles. The fraction of sp³-hybridized carbons (Fsp3) is 0.750. The van der Waals surface area contributed by atoms with Crippen molar-refractivity contribution in [3.05, 3.63) is 0 Å². The van der Waals surface area contributed by atoms with Crippen molar-refractivity contribution in [3.63, 3.8) is 0 Å². The van der Waals surface area contributed by atoms with Crippen LogP contribution in [-0.2, 0) is 4.84 Å². The Labute approximate surface area is 73.0 Å². The molecule has 12 heavy (non-hydrogen) atoms. The molecule has 1 amide bonds. The third-order valence-corrected chi connectivity index (χ3v) is 0.966. The average molecular weight is 172 g/mol. The van der Waals surface area contributed by atoms with Crippen LogP contribution in [0.25, 0.3) is 0 Å². The van der Waals surface area contributed by atoms with Gasteiger partial charge in [-0.3, -0.25) is 4.84 Å². The first-order chi connectivity index (χ1) is 5.52. The number of carbonyl (C=O) groups is 1. The van der Waals surface area contributed by atoms with E-state index >= 15 is 0 Å². The first-order valence-corrected chi connectivity index (χ1v) is 3.98. The molecule has 0 heterocycles. The zero-order chi connectivity index (χ0) is 9.56. The van der Waals surface area contributed by atoms with Crippen molar-refractivity contribution in [1.82, 2.24) is 5.32 Å². The van der Waals surface area contributed by atoms with Gasteiger partial charge < -0.3 is 5.32 Å². The Bertz CT molecular complexity index is 172. The highest BCUT2D eigenvalue weighted by Crippen LogP contribution is 1.88. The van der Waals surface area contributed by atoms with E-state index in [0.717, 1.165) is 5.71 Å². The van der Waals surface area contributed by atoms with E-state index in [1.807, 2.05) is 13.8 Å². The fourth-order valence-corrected chi connectivity index (χ4v) is 0.452. The van der Waals surface area contributed by atoms with Crippen molar-refractivity contribution in [2.45, 2.75) is 27.7 Å². The van der Waals surface area contributed by atoms with Gasteiger partial charge in [0.25, 0.3) is 0 Å². The Kier molecular flexibility index (Phi) is 5.08. The molecule has 0 fully saturated rings. The lowest BCUT2D eigenvalue weighted by atomic mass is 10.2. The summed E-state index contributed by atoms with van der Waals surface area (Å²) in [5.41, 5.74) is 0.717. The van der Waals surface area contributed by atoms with Crippen LogP contribution in [0, 0.1) is 5.92 Å². The average Bonchev–Trinajstić information content (AvgIpc) is 1.96. The van der Waals surface area contributed by atoms with Crippen LogP contribution in [0.4, 0.5) is 4.79 Å². The van der Waals surface area contributed by atoms with Crippen molar-refractivity contribution in [2.75, 3.05) is 6.54 Å². The minimum absolute atomic E-state index is 0.421. The van der Waals surface area contributed by atoms with Gasteiger partial charge in [-0.2, -0.15) is 0 Å². The van der Waals surface area contributed by atoms with Crippen LogP contribution < -0.4 is 5.32 Å². The summed E-state index contributed by atoms with van der Waals surface area (Å²) in [7, 11) is 0. The molecule has 0 rings (SSSR count). The molecule has 0 saturated heterocycles. The summed E-state index contributed by atoms with van der Waals surface area (Å²) in [5, 5.41) is 6.08. The normalized spacial score (nSPS) is 9.42. The topological polar surface area (TPSA) is 50.7 Å². The highest BCUT2D eigenvalue weighted by atomic mass is 16.7. The van der Waals surface area contributed by atoms with Crippen LogP contribution in [0.3, 0.4) is 0 Å². The predicted molar refractivity (Wildman–Crippen MR) is 48.1 cm³/mol. The van der Waals surface area contributed by atoms with Gasteiger partial charge >= 0.3 is 6.09 Å². The number of hydrogen-bond donors (Lipinski definition) is 1. The van der Waals surface area contributed by atoms with E-state index in [0.29, 0.717) is 12.5 Å². The van der Waals surface area contributed by atoms with Crippen molar-refractivity contribution in [2.24, 2.45) is 11.1 Å². The molecule has 0 spiro atoms. The molecule has 0 aliphatic carbocycles. The number of hydrogen-bond acceptors (Lipinski definition) is 3. The zero-order valence-corrected chi connectivity index (χ0v) is 8.05. The minimum atomic E-state index is -0.495. The van der Waals surface area contributed by atoms with Crippen LogP contribution in [0.5, 0.6) is 0 Å². The quantitative estimate of drug-likeness (QED) is 0.400. The van der Waals surface area contributed by atoms with E-state index < -0.39 is 6.09 Å². The molecule has 4 heteroatoms. The van der Waals surface area contributed by atoms with Gasteiger partial charge in [0.2, 0.25) is 0 Å². The van der Waals surface area contributed by atoms with Gasteiger partial charge in [0.1, 0.15) is 0 Å². The second kappa shape index (κ2) is 5.57. The maximum absolute atomic E-state index is 10.8. The number of amides is 1. The van der Waals surface area contributed by atoms with Crippen LogP contribution in [-0.4, -0.2) is 18.3 Å². The second-order valence-corrected chi connectivity index (χ2v) is 3.19. The molecule has 0 aromatic rings. The van der Waals surface area contributed by atoms with Gasteiger partial charge in [0, 0.05) is 6.54 Å². The van der Waals surface area contributed by atoms with Crippen LogP contribution >= 0.6 is 0 Å². The summed E-state index contributed by atoms with van der Waals surface area (Å²) in [5.74, 6) is 0.421. The zero-order valence-electron chi connectivity index (χ0n) is 8.05. The molecule has 0 atom stereocenters. The van der Waals surface area contributed by atoms with Crippen molar-refractivity contribution >= 4 is 11.8 Å². The molecule has 4 nitrogen and oxygen atoms in total. The van der Waals surface area contributed by atoms with Crippen LogP contribution in [0.2, 0.25) is 0 Å². The molecule has 70 valence electrons. The summed E-state index contributed by atoms with van der Waals surface area (Å²) >= 11 is 0. The molecular formula is C8H16N2O2. The van der Waals surface area contributed by atoms with Crippen LogP contribution in [0.15, 0.2) is 5.16 Å². The van der Waals surface area contributed by atoms with Crippen molar-refractivity contribution in [1.29, 1.82) is 0 Å². The van der Waals surface area contributed by atoms with E-state index in [1.54, 1.807) is 13.8 Å². The van der Waals surface area contributed by atoms with Gasteiger partial charge in [-0.25, -0.2) is 4.79 Å². The second-order valence-electron chi connectivity index (χ2n) is 3.19. The number of nitrogens with zero attached hydrogens (tertiary/aromatic N) is 1. The Morgan fingerprint density at radius 3 is 2.50 bits per heavy atom. The monoisotopic (exact) mass is 172 g/mol. The van der Waals surface area contributed by atoms with Gasteiger partial charge in [-0.15, -0.1) is 0 Å². The molecule has 0 aliphatic heterocycles. The predicted octanol–water partition coefficient (Wildman–Crippen LogP) is 1.76. The Morgan fingerprint density at radius 2 is 2.08 bits per heavy atom. The summed E-state index contributed by atoms with van der Waals surface area (Å²) < 4.78 is 0. The Balaban J connectivity index is 3.54. The summed E-state index contributed by atoms with van der Waals surface area (Å²) in [6, 6.07) is 0. The minimum Gasteiger partial charge on any atom is -0.319 e. The number of carbonyl (C=O) groups excluding carboxylic acids is 1. The SMILES string of the molecule is CC(C)=NOC(=O)NCC(C)C. The first kappa shape index (κ1) is 10.9. The lowest BCUT2D eigenvalue weighted by Gasteiger charge is -2.04. The van der Waals surface area contributed by atoms with Crippen LogP contribution in [0.1, 0.15) is 27.7 Å². The number of nitrogens with one attached hydrogen (secondary N) is 1. The summed E-state index contributed by atoms with van der Waals surface area (Å²) in [6.07, 6.45) is -0.495. The maximum atomic E-state index is 10.8. The van der Waals surface area contributed by atoms with Crippen molar-refractivity contribution in [3.8, 4) is 0 Å². The molecule has 0 saturated carbocycles. The first-order valence-electron chi connectivity index (χ1n) is 3.98. The highest BCUT2D eigenvalue weighted by molar-refractivity contribution is 5.79. The fourth-order valence-electron chi connectivity index (χ4n) is 0.452. The standard InChI is InChI=1S/C8H16N2O2/c1-6(2)5-9-8(11)12-10-7(3)4/h6H,5H2,1-4H3,(H,9,11). The number of oxime groups is 1. The molecule has 0 bridgehead atoms. The van der Waals surface area contributed by atoms with Gasteiger partial charge in [-0.05, 0) is 19.8 Å². The molecule has 1 N–H and O–H groups in total. The third kappa shape index (κ3) is 7.05. The van der Waals surface area contributed by atoms with Gasteiger partial charge in [0.05, 0.1) is 5.71 Å². The lowest BCUT2D eigenvalue weighted by molar-refractivity contribution is 0.149.